The van der Waals surface area contributed by atoms with E-state index in [4.69, 9.17) is 4.74 Å². The number of carbonyl (C=O) groups is 1. The van der Waals surface area contributed by atoms with Crippen LogP contribution in [0.25, 0.3) is 10.9 Å². The Morgan fingerprint density at radius 2 is 2.07 bits per heavy atom. The Balaban J connectivity index is 2.08. The summed E-state index contributed by atoms with van der Waals surface area (Å²) in [7, 11) is 1.88. The first-order valence-electron chi connectivity index (χ1n) is 8.39. The van der Waals surface area contributed by atoms with Crippen molar-refractivity contribution in [2.75, 3.05) is 6.61 Å². The zero-order chi connectivity index (χ0) is 19.7. The number of phenolic OH excluding ortho intramolecular Hbond substituents is 1. The number of benzene rings is 2. The van der Waals surface area contributed by atoms with Crippen LogP contribution >= 0.6 is 27.7 Å². The molecule has 0 unspecified atom stereocenters. The number of ether oxygens (including phenoxy) is 1. The summed E-state index contributed by atoms with van der Waals surface area (Å²) in [5.74, 6) is -0.123. The third kappa shape index (κ3) is 3.84. The van der Waals surface area contributed by atoms with Gasteiger partial charge in [0.05, 0.1) is 22.2 Å². The summed E-state index contributed by atoms with van der Waals surface area (Å²) in [5.41, 5.74) is 2.89. The lowest BCUT2D eigenvalue weighted by atomic mass is 10.1. The Morgan fingerprint density at radius 3 is 2.74 bits per heavy atom. The molecular formula is C20H19BrFNO3S. The quantitative estimate of drug-likeness (QED) is 0.407. The van der Waals surface area contributed by atoms with Gasteiger partial charge in [-0.15, -0.1) is 11.8 Å². The number of fused-ring (bicyclic) bond motifs is 1. The number of rotatable bonds is 5. The van der Waals surface area contributed by atoms with Crippen molar-refractivity contribution < 1.29 is 19.0 Å². The van der Waals surface area contributed by atoms with Crippen LogP contribution in [0.15, 0.2) is 39.7 Å². The van der Waals surface area contributed by atoms with E-state index in [1.807, 2.05) is 18.5 Å². The standard InChI is InChI=1S/C20H19BrFNO3S/c1-4-26-20(25)19-13-8-17(24)14(21)9-15(13)23(3)16(19)10-27-18-6-5-12(22)7-11(18)2/h5-9,24H,4,10H2,1-3H3. The molecule has 7 heteroatoms. The molecule has 0 radical (unpaired) electrons. The van der Waals surface area contributed by atoms with Crippen LogP contribution in [0, 0.1) is 12.7 Å². The molecule has 0 aliphatic rings. The first kappa shape index (κ1) is 19.8. The fourth-order valence-electron chi connectivity index (χ4n) is 3.02. The Morgan fingerprint density at radius 1 is 1.33 bits per heavy atom. The van der Waals surface area contributed by atoms with Gasteiger partial charge < -0.3 is 14.4 Å². The van der Waals surface area contributed by atoms with E-state index in [2.05, 4.69) is 15.9 Å². The second-order valence-electron chi connectivity index (χ2n) is 6.12. The lowest BCUT2D eigenvalue weighted by Gasteiger charge is -2.09. The fourth-order valence-corrected chi connectivity index (χ4v) is 4.43. The molecule has 1 aromatic heterocycles. The molecule has 0 fully saturated rings. The molecule has 142 valence electrons. The number of aryl methyl sites for hydroxylation is 2. The van der Waals surface area contributed by atoms with Gasteiger partial charge in [0.1, 0.15) is 11.6 Å². The zero-order valence-electron chi connectivity index (χ0n) is 15.2. The first-order valence-corrected chi connectivity index (χ1v) is 10.2. The molecule has 3 aromatic rings. The van der Waals surface area contributed by atoms with Crippen LogP contribution < -0.4 is 0 Å². The molecule has 0 amide bonds. The van der Waals surface area contributed by atoms with Gasteiger partial charge in [-0.1, -0.05) is 0 Å². The van der Waals surface area contributed by atoms with Gasteiger partial charge in [-0.05, 0) is 65.7 Å². The summed E-state index contributed by atoms with van der Waals surface area (Å²) in [5, 5.41) is 10.7. The molecule has 0 spiro atoms. The second-order valence-corrected chi connectivity index (χ2v) is 7.99. The highest BCUT2D eigenvalue weighted by Gasteiger charge is 2.23. The van der Waals surface area contributed by atoms with E-state index < -0.39 is 5.97 Å². The Kier molecular flexibility index (Phi) is 5.81. The number of carbonyl (C=O) groups excluding carboxylic acids is 1. The largest absolute Gasteiger partial charge is 0.507 e. The number of aromatic nitrogens is 1. The molecule has 4 nitrogen and oxygen atoms in total. The third-order valence-corrected chi connectivity index (χ3v) is 6.19. The van der Waals surface area contributed by atoms with Gasteiger partial charge in [-0.2, -0.15) is 0 Å². The highest BCUT2D eigenvalue weighted by molar-refractivity contribution is 9.10. The van der Waals surface area contributed by atoms with E-state index in [-0.39, 0.29) is 18.2 Å². The maximum Gasteiger partial charge on any atom is 0.340 e. The van der Waals surface area contributed by atoms with Gasteiger partial charge >= 0.3 is 5.97 Å². The minimum atomic E-state index is -0.420. The van der Waals surface area contributed by atoms with E-state index in [1.165, 1.54) is 23.9 Å². The van der Waals surface area contributed by atoms with E-state index in [0.29, 0.717) is 21.2 Å². The number of halogens is 2. The first-order chi connectivity index (χ1) is 12.8. The second kappa shape index (κ2) is 7.94. The molecule has 0 saturated heterocycles. The molecule has 27 heavy (non-hydrogen) atoms. The van der Waals surface area contributed by atoms with E-state index in [9.17, 15) is 14.3 Å². The smallest absolute Gasteiger partial charge is 0.340 e. The minimum Gasteiger partial charge on any atom is -0.507 e. The SMILES string of the molecule is CCOC(=O)c1c(CSc2ccc(F)cc2C)n(C)c2cc(Br)c(O)cc12. The molecule has 0 bridgehead atoms. The molecule has 1 heterocycles. The van der Waals surface area contributed by atoms with Gasteiger partial charge in [0.15, 0.2) is 0 Å². The molecule has 0 atom stereocenters. The third-order valence-electron chi connectivity index (χ3n) is 4.37. The molecule has 2 aromatic carbocycles. The van der Waals surface area contributed by atoms with Crippen LogP contribution in [0.2, 0.25) is 0 Å². The predicted octanol–water partition coefficient (Wildman–Crippen LogP) is 5.56. The normalized spacial score (nSPS) is 11.1. The van der Waals surface area contributed by atoms with Crippen molar-refractivity contribution in [3.05, 3.63) is 57.4 Å². The number of hydrogen-bond acceptors (Lipinski definition) is 4. The topological polar surface area (TPSA) is 51.5 Å². The number of hydrogen-bond donors (Lipinski definition) is 1. The lowest BCUT2D eigenvalue weighted by molar-refractivity contribution is 0.0527. The summed E-state index contributed by atoms with van der Waals surface area (Å²) < 4.78 is 21.1. The van der Waals surface area contributed by atoms with Crippen LogP contribution in [0.3, 0.4) is 0 Å². The summed E-state index contributed by atoms with van der Waals surface area (Å²) in [6.07, 6.45) is 0. The maximum absolute atomic E-state index is 13.3. The fraction of sp³-hybridized carbons (Fsp3) is 0.250. The van der Waals surface area contributed by atoms with E-state index >= 15 is 0 Å². The van der Waals surface area contributed by atoms with Gasteiger partial charge in [0.25, 0.3) is 0 Å². The molecule has 3 rings (SSSR count). The average Bonchev–Trinajstić information content (AvgIpc) is 2.87. The number of aromatic hydroxyl groups is 1. The zero-order valence-corrected chi connectivity index (χ0v) is 17.6. The molecular weight excluding hydrogens is 433 g/mol. The molecule has 0 aliphatic carbocycles. The van der Waals surface area contributed by atoms with Gasteiger partial charge in [-0.25, -0.2) is 9.18 Å². The number of nitrogens with zero attached hydrogens (tertiary/aromatic N) is 1. The highest BCUT2D eigenvalue weighted by Crippen LogP contribution is 2.37. The summed E-state index contributed by atoms with van der Waals surface area (Å²) in [4.78, 5) is 13.6. The van der Waals surface area contributed by atoms with Gasteiger partial charge in [0.2, 0.25) is 0 Å². The van der Waals surface area contributed by atoms with Gasteiger partial charge in [0, 0.05) is 28.8 Å². The molecule has 0 saturated carbocycles. The van der Waals surface area contributed by atoms with E-state index in [1.54, 1.807) is 25.1 Å². The highest BCUT2D eigenvalue weighted by atomic mass is 79.9. The van der Waals surface area contributed by atoms with Crippen molar-refractivity contribution >= 4 is 44.6 Å². The van der Waals surface area contributed by atoms with Crippen molar-refractivity contribution in [1.29, 1.82) is 0 Å². The monoisotopic (exact) mass is 451 g/mol. The minimum absolute atomic E-state index is 0.0623. The van der Waals surface area contributed by atoms with Crippen LogP contribution in [-0.2, 0) is 17.5 Å². The summed E-state index contributed by atoms with van der Waals surface area (Å²) in [6, 6.07) is 8.02. The Labute approximate surface area is 169 Å². The Bertz CT molecular complexity index is 1030. The van der Waals surface area contributed by atoms with Crippen LogP contribution in [-0.4, -0.2) is 22.2 Å². The van der Waals surface area contributed by atoms with Crippen LogP contribution in [0.5, 0.6) is 5.75 Å². The van der Waals surface area contributed by atoms with Crippen molar-refractivity contribution in [3.8, 4) is 5.75 Å². The van der Waals surface area contributed by atoms with Crippen LogP contribution in [0.1, 0.15) is 28.5 Å². The molecule has 1 N–H and O–H groups in total. The van der Waals surface area contributed by atoms with Gasteiger partial charge in [-0.3, -0.25) is 0 Å². The maximum atomic E-state index is 13.3. The predicted molar refractivity (Wildman–Crippen MR) is 109 cm³/mol. The molecule has 0 aliphatic heterocycles. The van der Waals surface area contributed by atoms with Crippen molar-refractivity contribution in [2.24, 2.45) is 7.05 Å². The number of thioether (sulfide) groups is 1. The number of phenols is 1. The summed E-state index contributed by atoms with van der Waals surface area (Å²) >= 11 is 4.85. The van der Waals surface area contributed by atoms with E-state index in [0.717, 1.165) is 21.7 Å². The number of esters is 1. The lowest BCUT2D eigenvalue weighted by Crippen LogP contribution is -2.08. The van der Waals surface area contributed by atoms with Crippen molar-refractivity contribution in [1.82, 2.24) is 4.57 Å². The summed E-state index contributed by atoms with van der Waals surface area (Å²) in [6.45, 7) is 3.88. The average molecular weight is 452 g/mol. The van der Waals surface area contributed by atoms with Crippen molar-refractivity contribution in [2.45, 2.75) is 24.5 Å². The van der Waals surface area contributed by atoms with Crippen molar-refractivity contribution in [3.63, 3.8) is 0 Å². The van der Waals surface area contributed by atoms with Crippen LogP contribution in [0.4, 0.5) is 4.39 Å². The Hall–Kier alpha value is -1.99.